The topological polar surface area (TPSA) is 142 Å². The van der Waals surface area contributed by atoms with Crippen molar-refractivity contribution in [1.29, 1.82) is 0 Å². The molecule has 0 aromatic rings. The van der Waals surface area contributed by atoms with E-state index in [1.165, 1.54) is 6.08 Å². The highest BCUT2D eigenvalue weighted by molar-refractivity contribution is 5.81. The summed E-state index contributed by atoms with van der Waals surface area (Å²) in [6, 6.07) is 0. The monoisotopic (exact) mass is 542 g/mol. The van der Waals surface area contributed by atoms with Gasteiger partial charge in [-0.25, -0.2) is 14.4 Å². The Balaban J connectivity index is 5.12. The van der Waals surface area contributed by atoms with Crippen molar-refractivity contribution in [2.24, 2.45) is 5.41 Å². The van der Waals surface area contributed by atoms with Gasteiger partial charge in [0, 0.05) is 18.2 Å². The lowest BCUT2D eigenvalue weighted by Gasteiger charge is -2.33. The molecule has 0 aliphatic carbocycles. The summed E-state index contributed by atoms with van der Waals surface area (Å²) in [5.74, 6) is -2.17. The van der Waals surface area contributed by atoms with E-state index >= 15 is 0 Å². The summed E-state index contributed by atoms with van der Waals surface area (Å²) < 4.78 is 42.6. The summed E-state index contributed by atoms with van der Waals surface area (Å²) in [4.78, 5) is 45.2. The van der Waals surface area contributed by atoms with E-state index in [0.29, 0.717) is 0 Å². The Hall–Kier alpha value is -3.32. The third kappa shape index (κ3) is 18.9. The lowest BCUT2D eigenvalue weighted by Crippen LogP contribution is -2.43. The first kappa shape index (κ1) is 34.7. The van der Waals surface area contributed by atoms with Crippen LogP contribution in [0.25, 0.3) is 0 Å². The maximum absolute atomic E-state index is 11.5. The number of carbonyl (C=O) groups is 4. The van der Waals surface area contributed by atoms with Crippen LogP contribution in [0.1, 0.15) is 6.42 Å². The molecule has 0 unspecified atom stereocenters. The van der Waals surface area contributed by atoms with Gasteiger partial charge in [-0.05, 0) is 0 Å². The Morgan fingerprint density at radius 1 is 0.500 bits per heavy atom. The highest BCUT2D eigenvalue weighted by Crippen LogP contribution is 2.21. The van der Waals surface area contributed by atoms with Gasteiger partial charge in [-0.2, -0.15) is 0 Å². The molecule has 0 N–H and O–H groups in total. The van der Waals surface area contributed by atoms with Crippen LogP contribution in [0.4, 0.5) is 0 Å². The molecule has 12 nitrogen and oxygen atoms in total. The number of ether oxygens (including phenoxy) is 8. The first-order valence-electron chi connectivity index (χ1n) is 11.8. The summed E-state index contributed by atoms with van der Waals surface area (Å²) in [5.41, 5.74) is -0.877. The van der Waals surface area contributed by atoms with Gasteiger partial charge in [-0.15, -0.1) is 6.58 Å². The summed E-state index contributed by atoms with van der Waals surface area (Å²) in [6.45, 7) is 14.0. The predicted octanol–water partition coefficient (Wildman–Crippen LogP) is 1.35. The zero-order valence-electron chi connectivity index (χ0n) is 21.7. The van der Waals surface area contributed by atoms with Crippen molar-refractivity contribution in [2.75, 3.05) is 79.3 Å². The summed E-state index contributed by atoms with van der Waals surface area (Å²) in [6.07, 6.45) is 4.65. The Labute approximate surface area is 223 Å². The van der Waals surface area contributed by atoms with E-state index in [1.54, 1.807) is 0 Å². The minimum Gasteiger partial charge on any atom is -0.463 e. The van der Waals surface area contributed by atoms with E-state index in [4.69, 9.17) is 37.9 Å². The van der Waals surface area contributed by atoms with Gasteiger partial charge in [0.1, 0.15) is 26.4 Å². The summed E-state index contributed by atoms with van der Waals surface area (Å²) in [5, 5.41) is 0. The molecule has 0 aliphatic rings. The first-order valence-corrected chi connectivity index (χ1v) is 11.8. The van der Waals surface area contributed by atoms with E-state index in [-0.39, 0.29) is 85.7 Å². The lowest BCUT2D eigenvalue weighted by molar-refractivity contribution is -0.148. The maximum atomic E-state index is 11.5. The van der Waals surface area contributed by atoms with Gasteiger partial charge in [0.15, 0.2) is 0 Å². The summed E-state index contributed by atoms with van der Waals surface area (Å²) >= 11 is 0. The number of esters is 4. The molecule has 0 fully saturated rings. The van der Waals surface area contributed by atoms with Gasteiger partial charge in [0.2, 0.25) is 0 Å². The minimum atomic E-state index is -0.877. The van der Waals surface area contributed by atoms with E-state index in [9.17, 15) is 19.2 Å². The zero-order valence-corrected chi connectivity index (χ0v) is 21.7. The predicted molar refractivity (Wildman–Crippen MR) is 135 cm³/mol. The quantitative estimate of drug-likeness (QED) is 0.0540. The van der Waals surface area contributed by atoms with Crippen LogP contribution < -0.4 is 0 Å². The average Bonchev–Trinajstić information content (AvgIpc) is 2.91. The fourth-order valence-corrected chi connectivity index (χ4v) is 2.58. The number of hydrogen-bond donors (Lipinski definition) is 0. The van der Waals surface area contributed by atoms with Crippen LogP contribution >= 0.6 is 0 Å². The van der Waals surface area contributed by atoms with Crippen LogP contribution in [0.15, 0.2) is 50.6 Å². The van der Waals surface area contributed by atoms with Crippen LogP contribution in [0.2, 0.25) is 0 Å². The Bertz CT molecular complexity index is 687. The van der Waals surface area contributed by atoms with E-state index < -0.39 is 29.3 Å². The van der Waals surface area contributed by atoms with Gasteiger partial charge in [0.05, 0.1) is 64.7 Å². The third-order valence-corrected chi connectivity index (χ3v) is 4.35. The second-order valence-electron chi connectivity index (χ2n) is 7.54. The van der Waals surface area contributed by atoms with Crippen molar-refractivity contribution >= 4 is 23.9 Å². The molecule has 0 radical (unpaired) electrons. The molecule has 12 heteroatoms. The molecule has 0 aliphatic heterocycles. The number of carbonyl (C=O) groups excluding carboxylic acids is 4. The van der Waals surface area contributed by atoms with Crippen molar-refractivity contribution < 1.29 is 57.1 Å². The minimum absolute atomic E-state index is 0.00221. The molecule has 214 valence electrons. The molecule has 0 aromatic carbocycles. The molecular weight excluding hydrogens is 504 g/mol. The molecule has 0 bridgehead atoms. The van der Waals surface area contributed by atoms with Crippen LogP contribution in [0.3, 0.4) is 0 Å². The molecule has 0 rings (SSSR count). The molecular formula is C26H38O12. The Kier molecular flexibility index (Phi) is 20.8. The maximum Gasteiger partial charge on any atom is 0.330 e. The lowest BCUT2D eigenvalue weighted by atomic mass is 9.92. The molecule has 0 aromatic heterocycles. The van der Waals surface area contributed by atoms with Crippen molar-refractivity contribution in [1.82, 2.24) is 0 Å². The van der Waals surface area contributed by atoms with Gasteiger partial charge < -0.3 is 37.9 Å². The molecule has 38 heavy (non-hydrogen) atoms. The van der Waals surface area contributed by atoms with Crippen LogP contribution in [-0.2, 0) is 57.1 Å². The van der Waals surface area contributed by atoms with Gasteiger partial charge in [0.25, 0.3) is 0 Å². The first-order chi connectivity index (χ1) is 18.3. The van der Waals surface area contributed by atoms with Gasteiger partial charge in [-0.1, -0.05) is 25.8 Å². The third-order valence-electron chi connectivity index (χ3n) is 4.35. The Morgan fingerprint density at radius 2 is 0.816 bits per heavy atom. The smallest absolute Gasteiger partial charge is 0.330 e. The van der Waals surface area contributed by atoms with Crippen LogP contribution in [0, 0.1) is 5.41 Å². The molecule has 0 heterocycles. The fourth-order valence-electron chi connectivity index (χ4n) is 2.58. The largest absolute Gasteiger partial charge is 0.463 e. The normalized spacial score (nSPS) is 10.6. The standard InChI is InChI=1S/C26H38O12/c1-5-9-25(30)38-17-13-34-21-26(18-31-10-14-35-22(27)6-2,19-32-11-15-36-23(28)7-3)20-33-12-16-37-24(29)8-4/h5-8H,1-4,9-21H2. The van der Waals surface area contributed by atoms with Crippen LogP contribution in [0.5, 0.6) is 0 Å². The number of hydrogen-bond acceptors (Lipinski definition) is 12. The van der Waals surface area contributed by atoms with Crippen molar-refractivity contribution in [3.8, 4) is 0 Å². The van der Waals surface area contributed by atoms with Crippen molar-refractivity contribution in [3.63, 3.8) is 0 Å². The number of rotatable bonds is 25. The van der Waals surface area contributed by atoms with Gasteiger partial charge in [-0.3, -0.25) is 4.79 Å². The van der Waals surface area contributed by atoms with E-state index in [1.807, 2.05) is 0 Å². The molecule has 0 amide bonds. The zero-order chi connectivity index (χ0) is 28.5. The second kappa shape index (κ2) is 22.8. The fraction of sp³-hybridized carbons (Fsp3) is 0.538. The van der Waals surface area contributed by atoms with E-state index in [0.717, 1.165) is 18.2 Å². The van der Waals surface area contributed by atoms with Gasteiger partial charge >= 0.3 is 23.9 Å². The SMILES string of the molecule is C=CCC(=O)OCCOCC(COCCOC(=O)C=C)(COCCOC(=O)C=C)COCCOC(=O)C=C. The second-order valence-corrected chi connectivity index (χ2v) is 7.54. The molecule has 0 atom stereocenters. The van der Waals surface area contributed by atoms with Crippen molar-refractivity contribution in [3.05, 3.63) is 50.6 Å². The molecule has 0 saturated heterocycles. The van der Waals surface area contributed by atoms with Crippen molar-refractivity contribution in [2.45, 2.75) is 6.42 Å². The highest BCUT2D eigenvalue weighted by Gasteiger charge is 2.33. The molecule has 0 spiro atoms. The van der Waals surface area contributed by atoms with E-state index in [2.05, 4.69) is 26.3 Å². The highest BCUT2D eigenvalue weighted by atomic mass is 16.6. The van der Waals surface area contributed by atoms with Crippen LogP contribution in [-0.4, -0.2) is 103 Å². The summed E-state index contributed by atoms with van der Waals surface area (Å²) in [7, 11) is 0. The molecule has 0 saturated carbocycles. The Morgan fingerprint density at radius 3 is 1.11 bits per heavy atom. The average molecular weight is 543 g/mol.